The van der Waals surface area contributed by atoms with Crippen molar-refractivity contribution in [2.24, 2.45) is 0 Å². The average Bonchev–Trinajstić information content (AvgIpc) is 2.73. The van der Waals surface area contributed by atoms with Crippen LogP contribution in [0.2, 0.25) is 0 Å². The first-order valence-electron chi connectivity index (χ1n) is 11.8. The van der Waals surface area contributed by atoms with Gasteiger partial charge in [0, 0.05) is 25.3 Å². The summed E-state index contributed by atoms with van der Waals surface area (Å²) in [6, 6.07) is 0.0361. The van der Waals surface area contributed by atoms with Crippen molar-refractivity contribution in [3.05, 3.63) is 24.3 Å². The van der Waals surface area contributed by atoms with Crippen molar-refractivity contribution in [1.82, 2.24) is 10.6 Å². The van der Waals surface area contributed by atoms with Gasteiger partial charge in [0.25, 0.3) is 0 Å². The first-order chi connectivity index (χ1) is 14.7. The van der Waals surface area contributed by atoms with E-state index in [9.17, 15) is 9.59 Å². The topological polar surface area (TPSA) is 98.7 Å². The fourth-order valence-electron chi connectivity index (χ4n) is 3.50. The van der Waals surface area contributed by atoms with Gasteiger partial charge < -0.3 is 20.8 Å². The number of aliphatic hydroxyl groups is 2. The van der Waals surface area contributed by atoms with Gasteiger partial charge in [-0.1, -0.05) is 50.7 Å². The quantitative estimate of drug-likeness (QED) is 0.201. The highest BCUT2D eigenvalue weighted by Gasteiger charge is 2.32. The van der Waals surface area contributed by atoms with Gasteiger partial charge in [0.2, 0.25) is 11.8 Å². The second-order valence-electron chi connectivity index (χ2n) is 8.17. The van der Waals surface area contributed by atoms with Gasteiger partial charge >= 0.3 is 0 Å². The van der Waals surface area contributed by atoms with E-state index >= 15 is 0 Å². The molecule has 1 aliphatic carbocycles. The van der Waals surface area contributed by atoms with Gasteiger partial charge in [-0.05, 0) is 63.5 Å². The Kier molecular flexibility index (Phi) is 15.9. The molecule has 0 aromatic carbocycles. The van der Waals surface area contributed by atoms with Crippen LogP contribution in [0, 0.1) is 0 Å². The van der Waals surface area contributed by atoms with E-state index in [1.807, 2.05) is 12.2 Å². The molecule has 6 nitrogen and oxygen atoms in total. The lowest BCUT2D eigenvalue weighted by Crippen LogP contribution is -2.57. The molecule has 1 aliphatic rings. The average molecular weight is 423 g/mol. The van der Waals surface area contributed by atoms with Crippen LogP contribution in [0.4, 0.5) is 0 Å². The van der Waals surface area contributed by atoms with Crippen LogP contribution >= 0.6 is 0 Å². The van der Waals surface area contributed by atoms with Gasteiger partial charge in [0.05, 0.1) is 0 Å². The highest BCUT2D eigenvalue weighted by molar-refractivity contribution is 5.89. The van der Waals surface area contributed by atoms with Crippen molar-refractivity contribution in [2.45, 2.75) is 102 Å². The number of hydrogen-bond donors (Lipinski definition) is 4. The van der Waals surface area contributed by atoms with Crippen LogP contribution in [0.5, 0.6) is 0 Å². The number of hydrogen-bond acceptors (Lipinski definition) is 4. The third kappa shape index (κ3) is 13.5. The molecule has 0 saturated heterocycles. The fraction of sp³-hybridized carbons (Fsp3) is 0.750. The van der Waals surface area contributed by atoms with E-state index in [0.717, 1.165) is 89.9 Å². The number of amides is 2. The summed E-state index contributed by atoms with van der Waals surface area (Å²) >= 11 is 0. The van der Waals surface area contributed by atoms with Crippen molar-refractivity contribution in [2.75, 3.05) is 13.2 Å². The Balaban J connectivity index is 2.08. The summed E-state index contributed by atoms with van der Waals surface area (Å²) in [5.41, 5.74) is 0. The number of nitrogens with one attached hydrogen (secondary N) is 2. The first kappa shape index (κ1) is 26.4. The molecule has 6 heteroatoms. The number of carbonyl (C=O) groups is 2. The number of carbonyl (C=O) groups excluding carboxylic acids is 2. The smallest absolute Gasteiger partial charge is 0.243 e. The number of allylic oxidation sites excluding steroid dienone is 2. The first-order valence-corrected chi connectivity index (χ1v) is 11.8. The number of unbranched alkanes of at least 4 members (excludes halogenated alkanes) is 10. The molecule has 0 aromatic heterocycles. The SMILES string of the molecule is O=C(/C=C/CCCCCCCO)N[C@@H]1CC[C@H]1NC(=O)/C=C/CCCCCCCO. The summed E-state index contributed by atoms with van der Waals surface area (Å²) < 4.78 is 0. The molecule has 0 aromatic rings. The van der Waals surface area contributed by atoms with Gasteiger partial charge in [0.1, 0.15) is 0 Å². The van der Waals surface area contributed by atoms with Gasteiger partial charge in [-0.15, -0.1) is 0 Å². The lowest BCUT2D eigenvalue weighted by atomic mass is 9.86. The third-order valence-electron chi connectivity index (χ3n) is 5.53. The highest BCUT2D eigenvalue weighted by Crippen LogP contribution is 2.20. The molecule has 0 aliphatic heterocycles. The number of rotatable bonds is 18. The molecule has 2 amide bonds. The molecule has 2 atom stereocenters. The highest BCUT2D eigenvalue weighted by atomic mass is 16.3. The van der Waals surface area contributed by atoms with Crippen LogP contribution in [-0.2, 0) is 9.59 Å². The summed E-state index contributed by atoms with van der Waals surface area (Å²) in [7, 11) is 0. The van der Waals surface area contributed by atoms with Gasteiger partial charge in [-0.2, -0.15) is 0 Å². The van der Waals surface area contributed by atoms with E-state index in [0.29, 0.717) is 0 Å². The summed E-state index contributed by atoms with van der Waals surface area (Å²) in [4.78, 5) is 24.0. The Bertz CT molecular complexity index is 473. The van der Waals surface area contributed by atoms with Crippen LogP contribution in [0.15, 0.2) is 24.3 Å². The van der Waals surface area contributed by atoms with Crippen LogP contribution in [0.25, 0.3) is 0 Å². The lowest BCUT2D eigenvalue weighted by Gasteiger charge is -2.37. The van der Waals surface area contributed by atoms with Crippen molar-refractivity contribution >= 4 is 11.8 Å². The molecule has 1 saturated carbocycles. The molecular weight excluding hydrogens is 380 g/mol. The lowest BCUT2D eigenvalue weighted by molar-refractivity contribution is -0.121. The van der Waals surface area contributed by atoms with E-state index in [1.54, 1.807) is 12.2 Å². The summed E-state index contributed by atoms with van der Waals surface area (Å²) in [5, 5.41) is 23.4. The maximum Gasteiger partial charge on any atom is 0.243 e. The molecule has 0 bridgehead atoms. The Morgan fingerprint density at radius 1 is 0.633 bits per heavy atom. The molecule has 0 radical (unpaired) electrons. The summed E-state index contributed by atoms with van der Waals surface area (Å²) in [6.07, 6.45) is 21.1. The third-order valence-corrected chi connectivity index (χ3v) is 5.53. The minimum atomic E-state index is -0.0871. The molecule has 4 N–H and O–H groups in total. The zero-order chi connectivity index (χ0) is 21.9. The number of aliphatic hydroxyl groups excluding tert-OH is 2. The zero-order valence-electron chi connectivity index (χ0n) is 18.5. The van der Waals surface area contributed by atoms with E-state index in [2.05, 4.69) is 10.6 Å². The van der Waals surface area contributed by atoms with Crippen molar-refractivity contribution in [3.8, 4) is 0 Å². The monoisotopic (exact) mass is 422 g/mol. The van der Waals surface area contributed by atoms with Gasteiger partial charge in [-0.3, -0.25) is 9.59 Å². The van der Waals surface area contributed by atoms with Crippen molar-refractivity contribution < 1.29 is 19.8 Å². The Hall–Kier alpha value is -1.66. The normalized spacial score (nSPS) is 18.6. The van der Waals surface area contributed by atoms with Crippen LogP contribution < -0.4 is 10.6 Å². The maximum absolute atomic E-state index is 12.0. The van der Waals surface area contributed by atoms with E-state index in [-0.39, 0.29) is 37.1 Å². The Morgan fingerprint density at radius 2 is 1.00 bits per heavy atom. The van der Waals surface area contributed by atoms with Crippen molar-refractivity contribution in [1.29, 1.82) is 0 Å². The largest absolute Gasteiger partial charge is 0.396 e. The van der Waals surface area contributed by atoms with Gasteiger partial charge in [0.15, 0.2) is 0 Å². The van der Waals surface area contributed by atoms with E-state index < -0.39 is 0 Å². The minimum absolute atomic E-state index is 0.0181. The molecule has 30 heavy (non-hydrogen) atoms. The minimum Gasteiger partial charge on any atom is -0.396 e. The summed E-state index contributed by atoms with van der Waals surface area (Å²) in [6.45, 7) is 0.539. The summed E-state index contributed by atoms with van der Waals surface area (Å²) in [5.74, 6) is -0.174. The Labute approximate surface area is 182 Å². The van der Waals surface area contributed by atoms with E-state index in [1.165, 1.54) is 0 Å². The van der Waals surface area contributed by atoms with Gasteiger partial charge in [-0.25, -0.2) is 0 Å². The molecule has 1 fully saturated rings. The van der Waals surface area contributed by atoms with Crippen LogP contribution in [-0.4, -0.2) is 47.3 Å². The van der Waals surface area contributed by atoms with Crippen LogP contribution in [0.3, 0.4) is 0 Å². The second kappa shape index (κ2) is 18.1. The Morgan fingerprint density at radius 3 is 1.37 bits per heavy atom. The molecule has 172 valence electrons. The van der Waals surface area contributed by atoms with Crippen LogP contribution in [0.1, 0.15) is 89.9 Å². The molecule has 0 heterocycles. The standard InChI is InChI=1S/C24H42N2O4/c27-19-13-9-5-1-3-7-11-15-23(29)25-21-17-18-22(21)26-24(30)16-12-8-4-2-6-10-14-20-28/h11-12,15-16,21-22,27-28H,1-10,13-14,17-20H2,(H,25,29)(H,26,30)/b15-11+,16-12+/t21-,22-/m1/s1. The maximum atomic E-state index is 12.0. The van der Waals surface area contributed by atoms with E-state index in [4.69, 9.17) is 10.2 Å². The molecule has 0 spiro atoms. The fourth-order valence-corrected chi connectivity index (χ4v) is 3.50. The molecule has 1 rings (SSSR count). The van der Waals surface area contributed by atoms with Crippen molar-refractivity contribution in [3.63, 3.8) is 0 Å². The molecular formula is C24H42N2O4. The zero-order valence-corrected chi connectivity index (χ0v) is 18.5. The second-order valence-corrected chi connectivity index (χ2v) is 8.17. The predicted octanol–water partition coefficient (Wildman–Crippen LogP) is 3.53. The predicted molar refractivity (Wildman–Crippen MR) is 121 cm³/mol. The molecule has 0 unspecified atom stereocenters.